The molecule has 0 saturated heterocycles. The first-order valence-electron chi connectivity index (χ1n) is 10.3. The fourth-order valence-electron chi connectivity index (χ4n) is 7.84. The molecule has 4 rings (SSSR count). The van der Waals surface area contributed by atoms with Crippen LogP contribution < -0.4 is 0 Å². The van der Waals surface area contributed by atoms with Gasteiger partial charge in [0.15, 0.2) is 0 Å². The SMILES string of the molecule is C[C@@H](O)[C@@H]1[C@@H](O)C[C@H]2[C@H]3CC[C@H]4C[C@@H](O)CC[C@]4(C)[C@@H]3CC(=O)[C@]12C. The second-order valence-electron chi connectivity index (χ2n) is 10.1. The van der Waals surface area contributed by atoms with Crippen LogP contribution in [0.3, 0.4) is 0 Å². The molecule has 0 bridgehead atoms. The van der Waals surface area contributed by atoms with Gasteiger partial charge in [-0.3, -0.25) is 4.79 Å². The Labute approximate surface area is 151 Å². The van der Waals surface area contributed by atoms with Gasteiger partial charge in [-0.15, -0.1) is 0 Å². The van der Waals surface area contributed by atoms with Crippen LogP contribution in [0.4, 0.5) is 0 Å². The van der Waals surface area contributed by atoms with Crippen molar-refractivity contribution in [1.82, 2.24) is 0 Å². The fraction of sp³-hybridized carbons (Fsp3) is 0.952. The number of aliphatic hydroxyl groups excluding tert-OH is 3. The molecule has 0 unspecified atom stereocenters. The summed E-state index contributed by atoms with van der Waals surface area (Å²) in [5.74, 6) is 1.49. The lowest BCUT2D eigenvalue weighted by atomic mass is 9.44. The molecule has 0 heterocycles. The zero-order valence-corrected chi connectivity index (χ0v) is 15.8. The standard InChI is InChI=1S/C21H34O4/c1-11(22)19-17(24)9-16-14-5-4-12-8-13(23)6-7-20(12,2)15(14)10-18(25)21(16,19)3/h11-17,19,22-24H,4-10H2,1-3H3/t11-,12+,13+,14+,15-,16+,17+,19-,20+,21-/m1/s1. The molecule has 4 aliphatic carbocycles. The van der Waals surface area contributed by atoms with Gasteiger partial charge in [-0.1, -0.05) is 13.8 Å². The predicted molar refractivity (Wildman–Crippen MR) is 94.7 cm³/mol. The molecule has 0 aromatic heterocycles. The van der Waals surface area contributed by atoms with Gasteiger partial charge >= 0.3 is 0 Å². The van der Waals surface area contributed by atoms with Gasteiger partial charge in [-0.25, -0.2) is 0 Å². The Balaban J connectivity index is 1.69. The molecule has 142 valence electrons. The van der Waals surface area contributed by atoms with E-state index in [-0.39, 0.29) is 29.1 Å². The molecule has 4 nitrogen and oxygen atoms in total. The van der Waals surface area contributed by atoms with E-state index < -0.39 is 17.6 Å². The van der Waals surface area contributed by atoms with Crippen molar-refractivity contribution in [2.24, 2.45) is 40.4 Å². The number of rotatable bonds is 1. The summed E-state index contributed by atoms with van der Waals surface area (Å²) in [4.78, 5) is 13.3. The molecule has 0 radical (unpaired) electrons. The van der Waals surface area contributed by atoms with E-state index in [9.17, 15) is 20.1 Å². The number of Topliss-reactive ketones (excluding diaryl/α,β-unsaturated/α-hetero) is 1. The zero-order valence-electron chi connectivity index (χ0n) is 15.8. The predicted octanol–water partition coefficient (Wildman–Crippen LogP) is 2.54. The maximum Gasteiger partial charge on any atom is 0.139 e. The minimum Gasteiger partial charge on any atom is -0.393 e. The first-order valence-corrected chi connectivity index (χ1v) is 10.3. The van der Waals surface area contributed by atoms with E-state index in [0.717, 1.165) is 32.1 Å². The second kappa shape index (κ2) is 5.77. The average Bonchev–Trinajstić information content (AvgIpc) is 2.81. The molecule has 10 atom stereocenters. The van der Waals surface area contributed by atoms with Gasteiger partial charge in [0.2, 0.25) is 0 Å². The summed E-state index contributed by atoms with van der Waals surface area (Å²) in [6.07, 6.45) is 4.83. The third-order valence-corrected chi connectivity index (χ3v) is 9.13. The van der Waals surface area contributed by atoms with Crippen molar-refractivity contribution < 1.29 is 20.1 Å². The summed E-state index contributed by atoms with van der Waals surface area (Å²) >= 11 is 0. The van der Waals surface area contributed by atoms with E-state index in [4.69, 9.17) is 0 Å². The summed E-state index contributed by atoms with van der Waals surface area (Å²) < 4.78 is 0. The van der Waals surface area contributed by atoms with E-state index >= 15 is 0 Å². The Hall–Kier alpha value is -0.450. The molecule has 0 aliphatic heterocycles. The van der Waals surface area contributed by atoms with Crippen molar-refractivity contribution in [3.63, 3.8) is 0 Å². The van der Waals surface area contributed by atoms with Crippen molar-refractivity contribution in [3.05, 3.63) is 0 Å². The minimum absolute atomic E-state index is 0.146. The summed E-state index contributed by atoms with van der Waals surface area (Å²) in [6.45, 7) is 6.10. The monoisotopic (exact) mass is 350 g/mol. The molecule has 3 N–H and O–H groups in total. The van der Waals surface area contributed by atoms with E-state index in [1.807, 2.05) is 6.92 Å². The van der Waals surface area contributed by atoms with Crippen molar-refractivity contribution in [1.29, 1.82) is 0 Å². The van der Waals surface area contributed by atoms with Gasteiger partial charge in [0.05, 0.1) is 18.3 Å². The molecule has 4 heteroatoms. The quantitative estimate of drug-likeness (QED) is 0.679. The average molecular weight is 350 g/mol. The van der Waals surface area contributed by atoms with Crippen LogP contribution in [0, 0.1) is 40.4 Å². The second-order valence-corrected chi connectivity index (χ2v) is 10.1. The number of carbonyl (C=O) groups excluding carboxylic acids is 1. The van der Waals surface area contributed by atoms with Crippen molar-refractivity contribution >= 4 is 5.78 Å². The normalized spacial score (nSPS) is 56.7. The number of fused-ring (bicyclic) bond motifs is 5. The Morgan fingerprint density at radius 3 is 2.48 bits per heavy atom. The molecule has 4 aliphatic rings. The maximum absolute atomic E-state index is 13.3. The van der Waals surface area contributed by atoms with Crippen LogP contribution in [-0.2, 0) is 4.79 Å². The van der Waals surface area contributed by atoms with Crippen LogP contribution in [-0.4, -0.2) is 39.4 Å². The molecule has 0 aromatic carbocycles. The first kappa shape index (κ1) is 17.9. The highest BCUT2D eigenvalue weighted by atomic mass is 16.3. The molecule has 4 saturated carbocycles. The fourth-order valence-corrected chi connectivity index (χ4v) is 7.84. The molecule has 0 aromatic rings. The van der Waals surface area contributed by atoms with Crippen LogP contribution in [0.25, 0.3) is 0 Å². The molecule has 0 spiro atoms. The number of ketones is 1. The van der Waals surface area contributed by atoms with Gasteiger partial charge in [0, 0.05) is 17.8 Å². The van der Waals surface area contributed by atoms with Crippen molar-refractivity contribution in [2.45, 2.75) is 84.0 Å². The number of hydrogen-bond acceptors (Lipinski definition) is 4. The van der Waals surface area contributed by atoms with Gasteiger partial charge in [0.1, 0.15) is 5.78 Å². The van der Waals surface area contributed by atoms with Crippen LogP contribution in [0.15, 0.2) is 0 Å². The first-order chi connectivity index (χ1) is 11.7. The Morgan fingerprint density at radius 2 is 1.80 bits per heavy atom. The number of carbonyl (C=O) groups is 1. The smallest absolute Gasteiger partial charge is 0.139 e. The Kier molecular flexibility index (Phi) is 4.14. The van der Waals surface area contributed by atoms with Gasteiger partial charge in [-0.05, 0) is 74.5 Å². The lowest BCUT2D eigenvalue weighted by molar-refractivity contribution is -0.163. The van der Waals surface area contributed by atoms with Crippen LogP contribution in [0.2, 0.25) is 0 Å². The topological polar surface area (TPSA) is 77.8 Å². The largest absolute Gasteiger partial charge is 0.393 e. The Morgan fingerprint density at radius 1 is 1.08 bits per heavy atom. The van der Waals surface area contributed by atoms with Crippen LogP contribution in [0.1, 0.15) is 65.7 Å². The van der Waals surface area contributed by atoms with Crippen LogP contribution in [0.5, 0.6) is 0 Å². The molecule has 4 fully saturated rings. The number of aliphatic hydroxyl groups is 3. The summed E-state index contributed by atoms with van der Waals surface area (Å²) in [5, 5.41) is 31.0. The van der Waals surface area contributed by atoms with Crippen LogP contribution >= 0.6 is 0 Å². The van der Waals surface area contributed by atoms with Gasteiger partial charge < -0.3 is 15.3 Å². The van der Waals surface area contributed by atoms with Crippen molar-refractivity contribution in [3.8, 4) is 0 Å². The summed E-state index contributed by atoms with van der Waals surface area (Å²) in [7, 11) is 0. The van der Waals surface area contributed by atoms with E-state index in [1.165, 1.54) is 0 Å². The van der Waals surface area contributed by atoms with Crippen molar-refractivity contribution in [2.75, 3.05) is 0 Å². The molecule has 25 heavy (non-hydrogen) atoms. The van der Waals surface area contributed by atoms with E-state index in [1.54, 1.807) is 6.92 Å². The lowest BCUT2D eigenvalue weighted by Gasteiger charge is -2.60. The zero-order chi connectivity index (χ0) is 18.1. The van der Waals surface area contributed by atoms with Gasteiger partial charge in [0.25, 0.3) is 0 Å². The third-order valence-electron chi connectivity index (χ3n) is 9.13. The highest BCUT2D eigenvalue weighted by molar-refractivity contribution is 5.87. The van der Waals surface area contributed by atoms with E-state index in [0.29, 0.717) is 30.6 Å². The molecule has 0 amide bonds. The summed E-state index contributed by atoms with van der Waals surface area (Å²) in [5.41, 5.74) is -0.431. The molecular weight excluding hydrogens is 316 g/mol. The van der Waals surface area contributed by atoms with E-state index in [2.05, 4.69) is 6.92 Å². The Bertz CT molecular complexity index is 560. The maximum atomic E-state index is 13.3. The molecular formula is C21H34O4. The third kappa shape index (κ3) is 2.33. The highest BCUT2D eigenvalue weighted by Crippen LogP contribution is 2.66. The van der Waals surface area contributed by atoms with Gasteiger partial charge in [-0.2, -0.15) is 0 Å². The lowest BCUT2D eigenvalue weighted by Crippen LogP contribution is -2.58. The number of hydrogen-bond donors (Lipinski definition) is 3. The highest BCUT2D eigenvalue weighted by Gasteiger charge is 2.66. The minimum atomic E-state index is -0.651. The summed E-state index contributed by atoms with van der Waals surface area (Å²) in [6, 6.07) is 0.